The molecule has 24 heavy (non-hydrogen) atoms. The van der Waals surface area contributed by atoms with E-state index in [0.29, 0.717) is 29.2 Å². The summed E-state index contributed by atoms with van der Waals surface area (Å²) in [5.41, 5.74) is 2.28. The second-order valence-corrected chi connectivity index (χ2v) is 6.42. The fraction of sp³-hybridized carbons (Fsp3) is 0.263. The van der Waals surface area contributed by atoms with Crippen molar-refractivity contribution in [2.24, 2.45) is 5.92 Å². The number of benzene rings is 2. The van der Waals surface area contributed by atoms with Gasteiger partial charge in [0.15, 0.2) is 0 Å². The molecule has 0 unspecified atom stereocenters. The molecule has 0 bridgehead atoms. The molecule has 1 fully saturated rings. The van der Waals surface area contributed by atoms with Crippen molar-refractivity contribution in [3.05, 3.63) is 64.7 Å². The standard InChI is InChI=1S/C19H19ClN2O2/c20-16-5-1-3-13(11-16)9-10-21-18(23)15-4-2-6-17(12-15)22-19(24)14-7-8-14/h1-6,11-12,14H,7-10H2,(H,21,23)(H,22,24). The van der Waals surface area contributed by atoms with E-state index in [4.69, 9.17) is 11.6 Å². The quantitative estimate of drug-likeness (QED) is 0.841. The molecule has 0 saturated heterocycles. The minimum atomic E-state index is -0.153. The lowest BCUT2D eigenvalue weighted by atomic mass is 10.1. The summed E-state index contributed by atoms with van der Waals surface area (Å²) in [7, 11) is 0. The number of amides is 2. The zero-order valence-corrected chi connectivity index (χ0v) is 14.0. The van der Waals surface area contributed by atoms with E-state index in [1.54, 1.807) is 24.3 Å². The SMILES string of the molecule is O=C(NCCc1cccc(Cl)c1)c1cccc(NC(=O)C2CC2)c1. The van der Waals surface area contributed by atoms with Gasteiger partial charge in [-0.1, -0.05) is 29.8 Å². The smallest absolute Gasteiger partial charge is 0.251 e. The van der Waals surface area contributed by atoms with Crippen molar-refractivity contribution in [2.75, 3.05) is 11.9 Å². The fourth-order valence-electron chi connectivity index (χ4n) is 2.44. The molecule has 0 heterocycles. The predicted octanol–water partition coefficient (Wildman–Crippen LogP) is 3.66. The number of hydrogen-bond donors (Lipinski definition) is 2. The maximum absolute atomic E-state index is 12.2. The third-order valence-electron chi connectivity index (χ3n) is 3.93. The molecule has 4 nitrogen and oxygen atoms in total. The van der Waals surface area contributed by atoms with Gasteiger partial charge in [0.25, 0.3) is 5.91 Å². The normalized spacial score (nSPS) is 13.4. The highest BCUT2D eigenvalue weighted by Crippen LogP contribution is 2.30. The number of halogens is 1. The number of anilines is 1. The number of carbonyl (C=O) groups is 2. The van der Waals surface area contributed by atoms with Gasteiger partial charge < -0.3 is 10.6 Å². The Kier molecular flexibility index (Phi) is 5.16. The molecule has 0 atom stereocenters. The van der Waals surface area contributed by atoms with Crippen LogP contribution >= 0.6 is 11.6 Å². The lowest BCUT2D eigenvalue weighted by Crippen LogP contribution is -2.25. The van der Waals surface area contributed by atoms with Crippen LogP contribution in [0.2, 0.25) is 5.02 Å². The monoisotopic (exact) mass is 342 g/mol. The van der Waals surface area contributed by atoms with E-state index in [-0.39, 0.29) is 17.7 Å². The Morgan fingerprint density at radius 2 is 1.88 bits per heavy atom. The summed E-state index contributed by atoms with van der Waals surface area (Å²) >= 11 is 5.95. The van der Waals surface area contributed by atoms with Gasteiger partial charge in [-0.15, -0.1) is 0 Å². The van der Waals surface area contributed by atoms with Crippen LogP contribution in [0.3, 0.4) is 0 Å². The third-order valence-corrected chi connectivity index (χ3v) is 4.16. The molecule has 2 amide bonds. The first-order valence-electron chi connectivity index (χ1n) is 8.05. The average Bonchev–Trinajstić information content (AvgIpc) is 3.40. The van der Waals surface area contributed by atoms with Crippen LogP contribution in [0.15, 0.2) is 48.5 Å². The van der Waals surface area contributed by atoms with Crippen molar-refractivity contribution in [2.45, 2.75) is 19.3 Å². The minimum absolute atomic E-state index is 0.0357. The van der Waals surface area contributed by atoms with Crippen LogP contribution in [-0.4, -0.2) is 18.4 Å². The van der Waals surface area contributed by atoms with Crippen molar-refractivity contribution in [1.29, 1.82) is 0 Å². The van der Waals surface area contributed by atoms with Crippen molar-refractivity contribution < 1.29 is 9.59 Å². The molecule has 1 saturated carbocycles. The largest absolute Gasteiger partial charge is 0.352 e. The average molecular weight is 343 g/mol. The predicted molar refractivity (Wildman–Crippen MR) is 95.3 cm³/mol. The molecular formula is C19H19ClN2O2. The summed E-state index contributed by atoms with van der Waals surface area (Å²) in [6, 6.07) is 14.6. The lowest BCUT2D eigenvalue weighted by molar-refractivity contribution is -0.117. The number of nitrogens with one attached hydrogen (secondary N) is 2. The molecule has 124 valence electrons. The maximum atomic E-state index is 12.2. The molecule has 0 radical (unpaired) electrons. The highest BCUT2D eigenvalue weighted by Gasteiger charge is 2.29. The molecule has 2 aromatic rings. The molecule has 2 N–H and O–H groups in total. The van der Waals surface area contributed by atoms with Gasteiger partial charge in [0.1, 0.15) is 0 Å². The topological polar surface area (TPSA) is 58.2 Å². The van der Waals surface area contributed by atoms with Gasteiger partial charge >= 0.3 is 0 Å². The second kappa shape index (κ2) is 7.49. The first-order chi connectivity index (χ1) is 11.6. The van der Waals surface area contributed by atoms with Gasteiger partial charge in [0.05, 0.1) is 0 Å². The number of rotatable bonds is 6. The van der Waals surface area contributed by atoms with Gasteiger partial charge in [0, 0.05) is 28.7 Å². The van der Waals surface area contributed by atoms with Crippen LogP contribution in [0.4, 0.5) is 5.69 Å². The van der Waals surface area contributed by atoms with E-state index in [1.165, 1.54) is 0 Å². The van der Waals surface area contributed by atoms with Crippen LogP contribution in [-0.2, 0) is 11.2 Å². The van der Waals surface area contributed by atoms with Crippen LogP contribution in [0, 0.1) is 5.92 Å². The summed E-state index contributed by atoms with van der Waals surface area (Å²) < 4.78 is 0. The van der Waals surface area contributed by atoms with E-state index < -0.39 is 0 Å². The van der Waals surface area contributed by atoms with E-state index in [9.17, 15) is 9.59 Å². The summed E-state index contributed by atoms with van der Waals surface area (Å²) in [5, 5.41) is 6.43. The molecule has 1 aliphatic rings. The van der Waals surface area contributed by atoms with Crippen LogP contribution in [0.5, 0.6) is 0 Å². The van der Waals surface area contributed by atoms with E-state index >= 15 is 0 Å². The molecular weight excluding hydrogens is 324 g/mol. The Labute approximate surface area is 146 Å². The van der Waals surface area contributed by atoms with E-state index in [1.807, 2.05) is 24.3 Å². The van der Waals surface area contributed by atoms with E-state index in [0.717, 1.165) is 18.4 Å². The molecule has 0 aromatic heterocycles. The summed E-state index contributed by atoms with van der Waals surface area (Å²) in [6.45, 7) is 0.526. The molecule has 5 heteroatoms. The van der Waals surface area contributed by atoms with Crippen LogP contribution < -0.4 is 10.6 Å². The van der Waals surface area contributed by atoms with Crippen molar-refractivity contribution in [3.8, 4) is 0 Å². The minimum Gasteiger partial charge on any atom is -0.352 e. The first-order valence-corrected chi connectivity index (χ1v) is 8.43. The Balaban J connectivity index is 1.53. The number of hydrogen-bond acceptors (Lipinski definition) is 2. The fourth-order valence-corrected chi connectivity index (χ4v) is 2.66. The Morgan fingerprint density at radius 3 is 2.62 bits per heavy atom. The van der Waals surface area contributed by atoms with Gasteiger partial charge in [-0.2, -0.15) is 0 Å². The van der Waals surface area contributed by atoms with Crippen LogP contribution in [0.25, 0.3) is 0 Å². The number of carbonyl (C=O) groups excluding carboxylic acids is 2. The molecule has 0 aliphatic heterocycles. The molecule has 3 rings (SSSR count). The lowest BCUT2D eigenvalue weighted by Gasteiger charge is -2.08. The van der Waals surface area contributed by atoms with Gasteiger partial charge in [-0.05, 0) is 55.2 Å². The maximum Gasteiger partial charge on any atom is 0.251 e. The Hall–Kier alpha value is -2.33. The zero-order valence-electron chi connectivity index (χ0n) is 13.2. The Bertz CT molecular complexity index is 757. The highest BCUT2D eigenvalue weighted by molar-refractivity contribution is 6.30. The molecule has 1 aliphatic carbocycles. The first kappa shape index (κ1) is 16.5. The molecule has 2 aromatic carbocycles. The zero-order chi connectivity index (χ0) is 16.9. The van der Waals surface area contributed by atoms with Crippen molar-refractivity contribution >= 4 is 29.1 Å². The summed E-state index contributed by atoms with van der Waals surface area (Å²) in [5.74, 6) is 0.0215. The third kappa shape index (κ3) is 4.59. The highest BCUT2D eigenvalue weighted by atomic mass is 35.5. The summed E-state index contributed by atoms with van der Waals surface area (Å²) in [6.07, 6.45) is 2.62. The summed E-state index contributed by atoms with van der Waals surface area (Å²) in [4.78, 5) is 24.0. The van der Waals surface area contributed by atoms with Gasteiger partial charge in [-0.25, -0.2) is 0 Å². The molecule has 0 spiro atoms. The van der Waals surface area contributed by atoms with Crippen molar-refractivity contribution in [1.82, 2.24) is 5.32 Å². The van der Waals surface area contributed by atoms with Gasteiger partial charge in [0.2, 0.25) is 5.91 Å². The second-order valence-electron chi connectivity index (χ2n) is 5.98. The van der Waals surface area contributed by atoms with Crippen LogP contribution in [0.1, 0.15) is 28.8 Å². The Morgan fingerprint density at radius 1 is 1.08 bits per heavy atom. The van der Waals surface area contributed by atoms with Gasteiger partial charge in [-0.3, -0.25) is 9.59 Å². The van der Waals surface area contributed by atoms with E-state index in [2.05, 4.69) is 10.6 Å². The van der Waals surface area contributed by atoms with Crippen molar-refractivity contribution in [3.63, 3.8) is 0 Å².